The number of nitrogens with zero attached hydrogens (tertiary/aromatic N) is 4. The summed E-state index contributed by atoms with van der Waals surface area (Å²) in [7, 11) is 0. The molecule has 1 atom stereocenters. The van der Waals surface area contributed by atoms with Crippen LogP contribution in [-0.2, 0) is 13.0 Å². The minimum absolute atomic E-state index is 0.188. The molecule has 170 valence electrons. The van der Waals surface area contributed by atoms with Gasteiger partial charge in [0.25, 0.3) is 5.91 Å². The lowest BCUT2D eigenvalue weighted by Gasteiger charge is -2.30. The minimum Gasteiger partial charge on any atom is -0.390 e. The number of fused-ring (bicyclic) bond motifs is 2. The van der Waals surface area contributed by atoms with Crippen molar-refractivity contribution in [3.8, 4) is 10.6 Å². The number of pyridine rings is 1. The highest BCUT2D eigenvalue weighted by Gasteiger charge is 2.19. The Labute approximate surface area is 196 Å². The van der Waals surface area contributed by atoms with E-state index in [1.807, 2.05) is 29.7 Å². The van der Waals surface area contributed by atoms with Gasteiger partial charge in [0.2, 0.25) is 0 Å². The summed E-state index contributed by atoms with van der Waals surface area (Å²) >= 11 is 1.65. The molecule has 33 heavy (non-hydrogen) atoms. The fraction of sp³-hybridized carbons (Fsp3) is 0.320. The molecule has 1 aromatic carbocycles. The molecule has 5 rings (SSSR count). The highest BCUT2D eigenvalue weighted by molar-refractivity contribution is 7.15. The standard InChI is InChI=1S/C25H27N5O2S/c1-16-17(2)33-25(27-16)20-7-8-23-28-22(15-30(23)13-20)24(32)26-11-21(31)14-29-10-9-18-5-3-4-6-19(18)12-29/h3-8,13,15,21,31H,9-12,14H2,1-2H3,(H,26,32)/t21-/m0/s1. The second-order valence-corrected chi connectivity index (χ2v) is 9.79. The largest absolute Gasteiger partial charge is 0.390 e. The van der Waals surface area contributed by atoms with Gasteiger partial charge in [-0.15, -0.1) is 11.3 Å². The zero-order chi connectivity index (χ0) is 22.9. The summed E-state index contributed by atoms with van der Waals surface area (Å²) in [5.41, 5.74) is 5.75. The lowest BCUT2D eigenvalue weighted by atomic mass is 10.00. The Morgan fingerprint density at radius 1 is 1.15 bits per heavy atom. The fourth-order valence-electron chi connectivity index (χ4n) is 4.20. The third-order valence-corrected chi connectivity index (χ3v) is 7.26. The van der Waals surface area contributed by atoms with E-state index in [0.29, 0.717) is 17.9 Å². The summed E-state index contributed by atoms with van der Waals surface area (Å²) in [5, 5.41) is 14.3. The van der Waals surface area contributed by atoms with E-state index in [-0.39, 0.29) is 12.5 Å². The van der Waals surface area contributed by atoms with Gasteiger partial charge in [0.15, 0.2) is 0 Å². The van der Waals surface area contributed by atoms with E-state index >= 15 is 0 Å². The van der Waals surface area contributed by atoms with E-state index in [0.717, 1.165) is 35.8 Å². The van der Waals surface area contributed by atoms with Crippen LogP contribution in [0.5, 0.6) is 0 Å². The summed E-state index contributed by atoms with van der Waals surface area (Å²) in [6.07, 6.45) is 4.01. The maximum atomic E-state index is 12.7. The summed E-state index contributed by atoms with van der Waals surface area (Å²) in [6, 6.07) is 12.3. The third kappa shape index (κ3) is 4.68. The van der Waals surface area contributed by atoms with Gasteiger partial charge in [-0.25, -0.2) is 9.97 Å². The van der Waals surface area contributed by atoms with Crippen LogP contribution in [0.1, 0.15) is 32.2 Å². The quantitative estimate of drug-likeness (QED) is 0.461. The third-order valence-electron chi connectivity index (χ3n) is 6.14. The van der Waals surface area contributed by atoms with Crippen molar-refractivity contribution in [1.29, 1.82) is 0 Å². The summed E-state index contributed by atoms with van der Waals surface area (Å²) in [6.45, 7) is 6.52. The zero-order valence-electron chi connectivity index (χ0n) is 18.8. The van der Waals surface area contributed by atoms with Crippen LogP contribution >= 0.6 is 11.3 Å². The topological polar surface area (TPSA) is 82.8 Å². The molecule has 8 heteroatoms. The molecular weight excluding hydrogens is 434 g/mol. The molecule has 0 radical (unpaired) electrons. The molecular formula is C25H27N5O2S. The first-order chi connectivity index (χ1) is 16.0. The van der Waals surface area contributed by atoms with Crippen molar-refractivity contribution in [2.45, 2.75) is 32.9 Å². The summed E-state index contributed by atoms with van der Waals surface area (Å²) in [5.74, 6) is -0.288. The molecule has 2 N–H and O–H groups in total. The van der Waals surface area contributed by atoms with E-state index in [1.54, 1.807) is 17.5 Å². The second kappa shape index (κ2) is 9.05. The van der Waals surface area contributed by atoms with Crippen LogP contribution < -0.4 is 5.32 Å². The summed E-state index contributed by atoms with van der Waals surface area (Å²) < 4.78 is 1.85. The Hall–Kier alpha value is -3.07. The number of β-amino-alcohol motifs (C(OH)–C–C–N with tert-alkyl or cyclic N) is 1. The van der Waals surface area contributed by atoms with E-state index in [1.165, 1.54) is 16.0 Å². The highest BCUT2D eigenvalue weighted by atomic mass is 32.1. The molecule has 1 amide bonds. The first kappa shape index (κ1) is 21.8. The van der Waals surface area contributed by atoms with Gasteiger partial charge < -0.3 is 14.8 Å². The summed E-state index contributed by atoms with van der Waals surface area (Å²) in [4.78, 5) is 25.1. The van der Waals surface area contributed by atoms with Crippen molar-refractivity contribution in [3.05, 3.63) is 76.2 Å². The second-order valence-electron chi connectivity index (χ2n) is 8.59. The van der Waals surface area contributed by atoms with Gasteiger partial charge in [0.05, 0.1) is 11.8 Å². The van der Waals surface area contributed by atoms with Crippen LogP contribution in [0.4, 0.5) is 0 Å². The van der Waals surface area contributed by atoms with Crippen LogP contribution in [-0.4, -0.2) is 56.0 Å². The normalized spacial score (nSPS) is 14.9. The van der Waals surface area contributed by atoms with Crippen LogP contribution in [0.3, 0.4) is 0 Å². The zero-order valence-corrected chi connectivity index (χ0v) is 19.6. The van der Waals surface area contributed by atoms with Crippen molar-refractivity contribution in [3.63, 3.8) is 0 Å². The Balaban J connectivity index is 1.19. The van der Waals surface area contributed by atoms with Crippen LogP contribution in [0.15, 0.2) is 48.8 Å². The fourth-order valence-corrected chi connectivity index (χ4v) is 5.10. The minimum atomic E-state index is -0.640. The van der Waals surface area contributed by atoms with Gasteiger partial charge in [-0.3, -0.25) is 9.69 Å². The van der Waals surface area contributed by atoms with Gasteiger partial charge in [0.1, 0.15) is 16.3 Å². The molecule has 0 unspecified atom stereocenters. The molecule has 1 aliphatic heterocycles. The Kier molecular flexibility index (Phi) is 5.97. The molecule has 0 spiro atoms. The lowest BCUT2D eigenvalue weighted by molar-refractivity contribution is 0.0838. The molecule has 0 bridgehead atoms. The Bertz CT molecular complexity index is 1290. The maximum absolute atomic E-state index is 12.7. The van der Waals surface area contributed by atoms with Crippen molar-refractivity contribution < 1.29 is 9.90 Å². The van der Waals surface area contributed by atoms with Crippen LogP contribution in [0.2, 0.25) is 0 Å². The Morgan fingerprint density at radius 2 is 1.97 bits per heavy atom. The molecule has 0 saturated carbocycles. The number of amides is 1. The van der Waals surface area contributed by atoms with E-state index in [9.17, 15) is 9.90 Å². The number of hydrogen-bond acceptors (Lipinski definition) is 6. The van der Waals surface area contributed by atoms with E-state index in [4.69, 9.17) is 0 Å². The molecule has 3 aromatic heterocycles. The number of rotatable bonds is 6. The molecule has 4 aromatic rings. The number of nitrogens with one attached hydrogen (secondary N) is 1. The van der Waals surface area contributed by atoms with Gasteiger partial charge in [0, 0.05) is 49.0 Å². The van der Waals surface area contributed by atoms with Crippen LogP contribution in [0, 0.1) is 13.8 Å². The molecule has 0 fully saturated rings. The molecule has 1 aliphatic rings. The number of benzene rings is 1. The predicted molar refractivity (Wildman–Crippen MR) is 130 cm³/mol. The van der Waals surface area contributed by atoms with Gasteiger partial charge in [-0.05, 0) is 43.5 Å². The number of aryl methyl sites for hydroxylation is 2. The highest BCUT2D eigenvalue weighted by Crippen LogP contribution is 2.27. The average Bonchev–Trinajstić information content (AvgIpc) is 3.40. The lowest BCUT2D eigenvalue weighted by Crippen LogP contribution is -2.42. The molecule has 0 aliphatic carbocycles. The van der Waals surface area contributed by atoms with Crippen molar-refractivity contribution in [2.75, 3.05) is 19.6 Å². The number of thiazole rings is 1. The van der Waals surface area contributed by atoms with Crippen molar-refractivity contribution >= 4 is 22.9 Å². The smallest absolute Gasteiger partial charge is 0.271 e. The van der Waals surface area contributed by atoms with Crippen LogP contribution in [0.25, 0.3) is 16.2 Å². The SMILES string of the molecule is Cc1nc(-c2ccc3nc(C(=O)NC[C@H](O)CN4CCc5ccccc5C4)cn3c2)sc1C. The maximum Gasteiger partial charge on any atom is 0.271 e. The number of aliphatic hydroxyl groups is 1. The monoisotopic (exact) mass is 461 g/mol. The number of imidazole rings is 1. The molecule has 7 nitrogen and oxygen atoms in total. The van der Waals surface area contributed by atoms with Gasteiger partial charge >= 0.3 is 0 Å². The number of carbonyl (C=O) groups excluding carboxylic acids is 1. The van der Waals surface area contributed by atoms with Crippen molar-refractivity contribution in [2.24, 2.45) is 0 Å². The number of aromatic nitrogens is 3. The number of hydrogen-bond donors (Lipinski definition) is 2. The predicted octanol–water partition coefficient (Wildman–Crippen LogP) is 3.22. The van der Waals surface area contributed by atoms with Crippen molar-refractivity contribution in [1.82, 2.24) is 24.6 Å². The number of carbonyl (C=O) groups is 1. The molecule has 4 heterocycles. The Morgan fingerprint density at radius 3 is 2.76 bits per heavy atom. The first-order valence-corrected chi connectivity index (χ1v) is 12.0. The van der Waals surface area contributed by atoms with E-state index in [2.05, 4.69) is 51.4 Å². The first-order valence-electron chi connectivity index (χ1n) is 11.1. The van der Waals surface area contributed by atoms with Gasteiger partial charge in [-0.2, -0.15) is 0 Å². The van der Waals surface area contributed by atoms with E-state index < -0.39 is 6.10 Å². The number of aliphatic hydroxyl groups excluding tert-OH is 1. The molecule has 0 saturated heterocycles. The average molecular weight is 462 g/mol. The van der Waals surface area contributed by atoms with Gasteiger partial charge in [-0.1, -0.05) is 24.3 Å².